The van der Waals surface area contributed by atoms with Crippen LogP contribution < -0.4 is 5.32 Å². The summed E-state index contributed by atoms with van der Waals surface area (Å²) in [4.78, 5) is 31.7. The number of anilines is 1. The minimum absolute atomic E-state index is 0.0787. The molecule has 2 aromatic rings. The second-order valence-corrected chi connectivity index (χ2v) is 4.48. The number of nitrogens with zero attached hydrogens (tertiary/aromatic N) is 4. The molecule has 23 heavy (non-hydrogen) atoms. The van der Waals surface area contributed by atoms with Crippen molar-refractivity contribution in [3.63, 3.8) is 0 Å². The van der Waals surface area contributed by atoms with Crippen molar-refractivity contribution >= 4 is 23.0 Å². The van der Waals surface area contributed by atoms with Crippen LogP contribution in [-0.4, -0.2) is 30.6 Å². The number of non-ortho nitro benzene ring substituents is 1. The Morgan fingerprint density at radius 3 is 2.57 bits per heavy atom. The van der Waals surface area contributed by atoms with Gasteiger partial charge in [0.1, 0.15) is 18.1 Å². The third-order valence-electron chi connectivity index (χ3n) is 2.86. The molecule has 0 bridgehead atoms. The largest absolute Gasteiger partial charge is 0.506 e. The van der Waals surface area contributed by atoms with Crippen molar-refractivity contribution < 1.29 is 19.7 Å². The Kier molecular flexibility index (Phi) is 4.50. The minimum Gasteiger partial charge on any atom is -0.506 e. The van der Waals surface area contributed by atoms with Crippen LogP contribution in [0.4, 0.5) is 17.1 Å². The summed E-state index contributed by atoms with van der Waals surface area (Å²) < 4.78 is 1.23. The molecule has 0 radical (unpaired) electrons. The van der Waals surface area contributed by atoms with Crippen molar-refractivity contribution in [1.29, 1.82) is 0 Å². The Balaban J connectivity index is 1.98. The van der Waals surface area contributed by atoms with Gasteiger partial charge < -0.3 is 10.4 Å². The lowest BCUT2D eigenvalue weighted by Gasteiger charge is -2.07. The SMILES string of the molecule is O=C(CCn1cc([N+](=O)[O-])cn1)Nc1cc([N+](=O)[O-])ccc1O. The van der Waals surface area contributed by atoms with Gasteiger partial charge in [0.15, 0.2) is 0 Å². The number of amides is 1. The zero-order valence-electron chi connectivity index (χ0n) is 11.6. The van der Waals surface area contributed by atoms with Gasteiger partial charge in [-0.05, 0) is 6.07 Å². The van der Waals surface area contributed by atoms with Crippen molar-refractivity contribution in [2.24, 2.45) is 0 Å². The van der Waals surface area contributed by atoms with E-state index in [0.29, 0.717) is 0 Å². The van der Waals surface area contributed by atoms with E-state index in [-0.39, 0.29) is 35.8 Å². The van der Waals surface area contributed by atoms with E-state index in [0.717, 1.165) is 24.4 Å². The van der Waals surface area contributed by atoms with Crippen molar-refractivity contribution in [2.75, 3.05) is 5.32 Å². The molecule has 1 amide bonds. The van der Waals surface area contributed by atoms with Crippen LogP contribution in [0.2, 0.25) is 0 Å². The number of nitrogens with one attached hydrogen (secondary N) is 1. The molecule has 2 N–H and O–H groups in total. The number of phenols is 1. The smallest absolute Gasteiger partial charge is 0.306 e. The van der Waals surface area contributed by atoms with Gasteiger partial charge in [-0.2, -0.15) is 5.10 Å². The summed E-state index contributed by atoms with van der Waals surface area (Å²) in [6.45, 7) is 0.0787. The molecule has 0 saturated heterocycles. The average molecular weight is 321 g/mol. The zero-order valence-corrected chi connectivity index (χ0v) is 11.6. The molecular weight excluding hydrogens is 310 g/mol. The molecule has 1 aromatic carbocycles. The molecule has 11 heteroatoms. The van der Waals surface area contributed by atoms with Gasteiger partial charge in [-0.1, -0.05) is 0 Å². The number of hydrogen-bond acceptors (Lipinski definition) is 7. The number of rotatable bonds is 6. The van der Waals surface area contributed by atoms with E-state index in [4.69, 9.17) is 0 Å². The maximum absolute atomic E-state index is 11.8. The van der Waals surface area contributed by atoms with Gasteiger partial charge in [0.05, 0.1) is 15.5 Å². The summed E-state index contributed by atoms with van der Waals surface area (Å²) in [7, 11) is 0. The molecule has 11 nitrogen and oxygen atoms in total. The van der Waals surface area contributed by atoms with Gasteiger partial charge in [0, 0.05) is 25.1 Å². The highest BCUT2D eigenvalue weighted by Crippen LogP contribution is 2.27. The Morgan fingerprint density at radius 1 is 1.26 bits per heavy atom. The van der Waals surface area contributed by atoms with Crippen LogP contribution in [0.1, 0.15) is 6.42 Å². The van der Waals surface area contributed by atoms with Crippen molar-refractivity contribution in [3.05, 3.63) is 50.8 Å². The molecule has 0 aliphatic carbocycles. The molecule has 0 atom stereocenters. The van der Waals surface area contributed by atoms with Crippen molar-refractivity contribution in [3.8, 4) is 5.75 Å². The van der Waals surface area contributed by atoms with Crippen molar-refractivity contribution in [2.45, 2.75) is 13.0 Å². The Hall–Kier alpha value is -3.50. The van der Waals surface area contributed by atoms with Gasteiger partial charge in [-0.25, -0.2) is 0 Å². The van der Waals surface area contributed by atoms with E-state index in [2.05, 4.69) is 10.4 Å². The topological polar surface area (TPSA) is 153 Å². The monoisotopic (exact) mass is 321 g/mol. The number of aryl methyl sites for hydroxylation is 1. The fourth-order valence-corrected chi connectivity index (χ4v) is 1.74. The van der Waals surface area contributed by atoms with Crippen molar-refractivity contribution in [1.82, 2.24) is 9.78 Å². The number of carbonyl (C=O) groups excluding carboxylic acids is 1. The molecule has 0 saturated carbocycles. The number of nitro benzene ring substituents is 1. The summed E-state index contributed by atoms with van der Waals surface area (Å²) in [5, 5.41) is 36.8. The van der Waals surface area contributed by atoms with E-state index in [1.165, 1.54) is 10.9 Å². The standard InChI is InChI=1S/C12H11N5O6/c18-11-2-1-8(16(20)21)5-10(11)14-12(19)3-4-15-7-9(6-13-15)17(22)23/h1-2,5-7,18H,3-4H2,(H,14,19). The van der Waals surface area contributed by atoms with Gasteiger partial charge in [-0.15, -0.1) is 0 Å². The van der Waals surface area contributed by atoms with Crippen LogP contribution in [0.5, 0.6) is 5.75 Å². The van der Waals surface area contributed by atoms with Crippen LogP contribution in [0, 0.1) is 20.2 Å². The van der Waals surface area contributed by atoms with Crippen LogP contribution >= 0.6 is 0 Å². The molecule has 1 aromatic heterocycles. The number of benzene rings is 1. The Labute approximate surface area is 128 Å². The second-order valence-electron chi connectivity index (χ2n) is 4.48. The molecule has 120 valence electrons. The van der Waals surface area contributed by atoms with E-state index in [1.54, 1.807) is 0 Å². The Morgan fingerprint density at radius 2 is 1.96 bits per heavy atom. The third-order valence-corrected chi connectivity index (χ3v) is 2.86. The quantitative estimate of drug-likeness (QED) is 0.463. The first-order chi connectivity index (χ1) is 10.9. The first-order valence-electron chi connectivity index (χ1n) is 6.31. The average Bonchev–Trinajstić information content (AvgIpc) is 2.96. The minimum atomic E-state index is -0.655. The van der Waals surface area contributed by atoms with E-state index in [9.17, 15) is 30.1 Å². The summed E-state index contributed by atoms with van der Waals surface area (Å²) in [5.41, 5.74) is -0.557. The third kappa shape index (κ3) is 4.00. The molecule has 2 rings (SSSR count). The van der Waals surface area contributed by atoms with Crippen LogP contribution in [0.15, 0.2) is 30.6 Å². The van der Waals surface area contributed by atoms with Gasteiger partial charge in [0.25, 0.3) is 5.69 Å². The highest BCUT2D eigenvalue weighted by atomic mass is 16.6. The lowest BCUT2D eigenvalue weighted by atomic mass is 10.2. The molecular formula is C12H11N5O6. The van der Waals surface area contributed by atoms with Gasteiger partial charge in [0.2, 0.25) is 5.91 Å². The normalized spacial score (nSPS) is 10.3. The first kappa shape index (κ1) is 15.9. The zero-order chi connectivity index (χ0) is 17.0. The summed E-state index contributed by atoms with van der Waals surface area (Å²) in [6, 6.07) is 3.24. The van der Waals surface area contributed by atoms with Crippen LogP contribution in [0.3, 0.4) is 0 Å². The molecule has 0 aliphatic rings. The molecule has 0 fully saturated rings. The number of carbonyl (C=O) groups is 1. The van der Waals surface area contributed by atoms with Crippen LogP contribution in [0.25, 0.3) is 0 Å². The second kappa shape index (κ2) is 6.51. The number of aromatic nitrogens is 2. The molecule has 0 unspecified atom stereocenters. The van der Waals surface area contributed by atoms with Gasteiger partial charge >= 0.3 is 5.69 Å². The fraction of sp³-hybridized carbons (Fsp3) is 0.167. The van der Waals surface area contributed by atoms with Gasteiger partial charge in [-0.3, -0.25) is 29.7 Å². The summed E-state index contributed by atoms with van der Waals surface area (Å²) in [6.07, 6.45) is 2.16. The molecule has 1 heterocycles. The summed E-state index contributed by atoms with van der Waals surface area (Å²) >= 11 is 0. The lowest BCUT2D eigenvalue weighted by molar-refractivity contribution is -0.385. The summed E-state index contributed by atoms with van der Waals surface area (Å²) in [5.74, 6) is -0.836. The fourth-order valence-electron chi connectivity index (χ4n) is 1.74. The highest BCUT2D eigenvalue weighted by Gasteiger charge is 2.14. The maximum atomic E-state index is 11.8. The number of aromatic hydroxyl groups is 1. The number of nitro groups is 2. The van der Waals surface area contributed by atoms with E-state index in [1.807, 2.05) is 0 Å². The predicted molar refractivity (Wildman–Crippen MR) is 76.9 cm³/mol. The number of phenolic OH excluding ortho intramolecular Hbond substituents is 1. The van der Waals surface area contributed by atoms with Crippen LogP contribution in [-0.2, 0) is 11.3 Å². The maximum Gasteiger partial charge on any atom is 0.306 e. The first-order valence-corrected chi connectivity index (χ1v) is 6.31. The predicted octanol–water partition coefficient (Wildman–Crippen LogP) is 1.43. The Bertz CT molecular complexity index is 771. The van der Waals surface area contributed by atoms with E-state index < -0.39 is 15.8 Å². The van der Waals surface area contributed by atoms with E-state index >= 15 is 0 Å². The number of hydrogen-bond donors (Lipinski definition) is 2. The molecule has 0 spiro atoms. The lowest BCUT2D eigenvalue weighted by Crippen LogP contribution is -2.15. The molecule has 0 aliphatic heterocycles. The highest BCUT2D eigenvalue weighted by molar-refractivity contribution is 5.92.